The Morgan fingerprint density at radius 3 is 2.89 bits per heavy atom. The van der Waals surface area contributed by atoms with Crippen molar-refractivity contribution in [1.82, 2.24) is 25.2 Å². The second-order valence-electron chi connectivity index (χ2n) is 3.29. The Bertz CT molecular complexity index is 648. The summed E-state index contributed by atoms with van der Waals surface area (Å²) in [4.78, 5) is 22.7. The van der Waals surface area contributed by atoms with E-state index in [4.69, 9.17) is 4.74 Å². The number of hydrogen-bond acceptors (Lipinski definition) is 9. The molecule has 0 aromatic carbocycles. The van der Waals surface area contributed by atoms with Gasteiger partial charge < -0.3 is 9.47 Å². The molecule has 0 unspecified atom stereocenters. The molecule has 1 aliphatic heterocycles. The van der Waals surface area contributed by atoms with Crippen LogP contribution in [0.15, 0.2) is 0 Å². The number of esters is 2. The molecule has 0 radical (unpaired) electrons. The molecule has 1 aliphatic rings. The van der Waals surface area contributed by atoms with Crippen LogP contribution in [0.3, 0.4) is 0 Å². The van der Waals surface area contributed by atoms with E-state index in [-0.39, 0.29) is 11.4 Å². The largest absolute Gasteiger partial charge is 0.383 e. The van der Waals surface area contributed by atoms with E-state index in [1.165, 1.54) is 18.4 Å². The molecule has 92 valence electrons. The number of cyclic esters (lactones) is 2. The van der Waals surface area contributed by atoms with E-state index in [1.807, 2.05) is 0 Å². The first-order valence-corrected chi connectivity index (χ1v) is 5.56. The monoisotopic (exact) mass is 267 g/mol. The molecule has 9 nitrogen and oxygen atoms in total. The van der Waals surface area contributed by atoms with Crippen molar-refractivity contribution in [2.45, 2.75) is 6.61 Å². The molecule has 3 rings (SSSR count). The Morgan fingerprint density at radius 1 is 1.28 bits per heavy atom. The van der Waals surface area contributed by atoms with Gasteiger partial charge in [-0.05, 0) is 0 Å². The zero-order valence-electron chi connectivity index (χ0n) is 8.98. The molecule has 0 bridgehead atoms. The number of nitrogens with zero attached hydrogens (tertiary/aromatic N) is 5. The number of rotatable bonds is 3. The molecule has 3 heterocycles. The number of hydrogen-bond donors (Lipinski definition) is 0. The Kier molecular flexibility index (Phi) is 2.38. The van der Waals surface area contributed by atoms with Gasteiger partial charge in [0.2, 0.25) is 10.8 Å². The highest BCUT2D eigenvalue weighted by atomic mass is 32.1. The van der Waals surface area contributed by atoms with E-state index in [9.17, 15) is 9.59 Å². The highest BCUT2D eigenvalue weighted by molar-refractivity contribution is 7.13. The summed E-state index contributed by atoms with van der Waals surface area (Å²) in [5.41, 5.74) is -0.136. The van der Waals surface area contributed by atoms with Crippen molar-refractivity contribution < 1.29 is 19.1 Å². The van der Waals surface area contributed by atoms with E-state index >= 15 is 0 Å². The third kappa shape index (κ3) is 1.50. The number of fused-ring (bicyclic) bond motifs is 1. The van der Waals surface area contributed by atoms with Gasteiger partial charge in [-0.3, -0.25) is 0 Å². The van der Waals surface area contributed by atoms with E-state index in [1.54, 1.807) is 0 Å². The van der Waals surface area contributed by atoms with Crippen LogP contribution >= 0.6 is 11.3 Å². The number of methoxy groups -OCH3 is 1. The van der Waals surface area contributed by atoms with Gasteiger partial charge in [0.1, 0.15) is 11.6 Å². The Morgan fingerprint density at radius 2 is 2.11 bits per heavy atom. The van der Waals surface area contributed by atoms with E-state index in [2.05, 4.69) is 25.2 Å². The third-order valence-electron chi connectivity index (χ3n) is 2.15. The molecule has 0 spiro atoms. The zero-order chi connectivity index (χ0) is 12.7. The highest BCUT2D eigenvalue weighted by Crippen LogP contribution is 2.22. The number of carbonyl (C=O) groups excluding carboxylic acids is 2. The molecule has 2 aromatic rings. The number of aromatic nitrogens is 5. The van der Waals surface area contributed by atoms with Crippen molar-refractivity contribution in [1.29, 1.82) is 0 Å². The summed E-state index contributed by atoms with van der Waals surface area (Å²) in [7, 11) is 1.53. The fourth-order valence-corrected chi connectivity index (χ4v) is 2.19. The minimum atomic E-state index is -0.803. The lowest BCUT2D eigenvalue weighted by Crippen LogP contribution is -2.08. The van der Waals surface area contributed by atoms with Crippen LogP contribution in [0.5, 0.6) is 0 Å². The molecule has 0 N–H and O–H groups in total. The molecule has 18 heavy (non-hydrogen) atoms. The second-order valence-corrected chi connectivity index (χ2v) is 4.33. The first-order chi connectivity index (χ1) is 8.70. The summed E-state index contributed by atoms with van der Waals surface area (Å²) in [5, 5.41) is 15.9. The average molecular weight is 267 g/mol. The van der Waals surface area contributed by atoms with E-state index < -0.39 is 11.9 Å². The molecule has 0 saturated carbocycles. The smallest absolute Gasteiger partial charge is 0.369 e. The average Bonchev–Trinajstić information content (AvgIpc) is 2.98. The molecule has 0 amide bonds. The Labute approximate surface area is 103 Å². The molecule has 10 heteroatoms. The maximum absolute atomic E-state index is 11.5. The lowest BCUT2D eigenvalue weighted by atomic mass is 10.4. The standard InChI is InChI=1S/C8H5N5O4S/c1-16-2-3-9-11-8(18-3)13-5-4(10-12-13)6(14)17-7(5)15/h2H2,1H3. The molecule has 0 fully saturated rings. The Hall–Kier alpha value is -2.20. The minimum Gasteiger partial charge on any atom is -0.383 e. The van der Waals surface area contributed by atoms with Crippen molar-refractivity contribution in [3.63, 3.8) is 0 Å². The van der Waals surface area contributed by atoms with Crippen LogP contribution in [0.25, 0.3) is 5.13 Å². The normalized spacial score (nSPS) is 13.8. The maximum Gasteiger partial charge on any atom is 0.369 e. The van der Waals surface area contributed by atoms with Gasteiger partial charge in [-0.1, -0.05) is 16.6 Å². The fourth-order valence-electron chi connectivity index (χ4n) is 1.43. The third-order valence-corrected chi connectivity index (χ3v) is 3.02. The quantitative estimate of drug-likeness (QED) is 0.544. The fraction of sp³-hybridized carbons (Fsp3) is 0.250. The topological polar surface area (TPSA) is 109 Å². The van der Waals surface area contributed by atoms with Crippen molar-refractivity contribution >= 4 is 23.3 Å². The second kappa shape index (κ2) is 3.92. The summed E-state index contributed by atoms with van der Waals surface area (Å²) in [6, 6.07) is 0. The van der Waals surface area contributed by atoms with Gasteiger partial charge in [-0.2, -0.15) is 4.68 Å². The van der Waals surface area contributed by atoms with Gasteiger partial charge in [0.05, 0.1) is 0 Å². The highest BCUT2D eigenvalue weighted by Gasteiger charge is 2.37. The van der Waals surface area contributed by atoms with Crippen molar-refractivity contribution in [2.24, 2.45) is 0 Å². The van der Waals surface area contributed by atoms with Gasteiger partial charge >= 0.3 is 11.9 Å². The van der Waals surface area contributed by atoms with Gasteiger partial charge in [0.15, 0.2) is 5.69 Å². The van der Waals surface area contributed by atoms with Crippen molar-refractivity contribution in [3.8, 4) is 5.13 Å². The van der Waals surface area contributed by atoms with E-state index in [0.29, 0.717) is 16.7 Å². The van der Waals surface area contributed by atoms with Gasteiger partial charge in [-0.15, -0.1) is 15.3 Å². The summed E-state index contributed by atoms with van der Waals surface area (Å²) in [6.45, 7) is 0.304. The zero-order valence-corrected chi connectivity index (χ0v) is 9.80. The molecule has 2 aromatic heterocycles. The summed E-state index contributed by atoms with van der Waals surface area (Å²) in [6.07, 6.45) is 0. The molecular weight excluding hydrogens is 262 g/mol. The van der Waals surface area contributed by atoms with Crippen LogP contribution in [-0.2, 0) is 16.1 Å². The SMILES string of the molecule is COCc1nnc(-n2nnc3c2C(=O)OC3=O)s1. The molecular formula is C8H5N5O4S. The molecule has 0 atom stereocenters. The van der Waals surface area contributed by atoms with Crippen molar-refractivity contribution in [3.05, 3.63) is 16.4 Å². The van der Waals surface area contributed by atoms with Crippen LogP contribution in [0.1, 0.15) is 26.0 Å². The van der Waals surface area contributed by atoms with Gasteiger partial charge in [-0.25, -0.2) is 9.59 Å². The lowest BCUT2D eigenvalue weighted by molar-refractivity contribution is 0.0434. The maximum atomic E-state index is 11.5. The van der Waals surface area contributed by atoms with Gasteiger partial charge in [0.25, 0.3) is 0 Å². The summed E-state index contributed by atoms with van der Waals surface area (Å²) < 4.78 is 10.5. The first kappa shape index (κ1) is 10.9. The lowest BCUT2D eigenvalue weighted by Gasteiger charge is -1.94. The number of ether oxygens (including phenoxy) is 2. The van der Waals surface area contributed by atoms with Crippen LogP contribution in [0.2, 0.25) is 0 Å². The van der Waals surface area contributed by atoms with Crippen LogP contribution in [0.4, 0.5) is 0 Å². The van der Waals surface area contributed by atoms with Crippen LogP contribution < -0.4 is 0 Å². The van der Waals surface area contributed by atoms with Crippen LogP contribution in [-0.4, -0.2) is 44.2 Å². The van der Waals surface area contributed by atoms with E-state index in [0.717, 1.165) is 4.68 Å². The molecule has 0 aliphatic carbocycles. The summed E-state index contributed by atoms with van der Waals surface area (Å²) in [5.74, 6) is -1.59. The minimum absolute atomic E-state index is 0.0277. The number of carbonyl (C=O) groups is 2. The van der Waals surface area contributed by atoms with Crippen LogP contribution in [0, 0.1) is 0 Å². The first-order valence-electron chi connectivity index (χ1n) is 4.74. The van der Waals surface area contributed by atoms with Gasteiger partial charge in [0, 0.05) is 7.11 Å². The predicted octanol–water partition coefficient (Wildman–Crippen LogP) is -0.424. The predicted molar refractivity (Wildman–Crippen MR) is 55.3 cm³/mol. The van der Waals surface area contributed by atoms with Crippen molar-refractivity contribution in [2.75, 3.05) is 7.11 Å². The summed E-state index contributed by atoms with van der Waals surface area (Å²) >= 11 is 1.18. The molecule has 0 saturated heterocycles. The Balaban J connectivity index is 2.05.